The summed E-state index contributed by atoms with van der Waals surface area (Å²) >= 11 is 0. The molecule has 0 fully saturated rings. The number of aliphatic carboxylic acids is 1. The van der Waals surface area contributed by atoms with Crippen LogP contribution < -0.4 is 0 Å². The fraction of sp³-hybridized carbons (Fsp3) is 0.444. The molecule has 0 unspecified atom stereocenters. The highest BCUT2D eigenvalue weighted by atomic mass is 16.4. The van der Waals surface area contributed by atoms with Gasteiger partial charge in [-0.15, -0.1) is 0 Å². The third kappa shape index (κ3) is 6.84. The molecule has 62 valence electrons. The molecule has 0 radical (unpaired) electrons. The zero-order valence-electron chi connectivity index (χ0n) is 7.00. The summed E-state index contributed by atoms with van der Waals surface area (Å²) in [7, 11) is 0. The molecule has 0 aromatic heterocycles. The Hall–Kier alpha value is -1.05. The Balaban J connectivity index is 3.80. The number of rotatable bonds is 4. The number of allylic oxidation sites excluding steroid dienone is 3. The van der Waals surface area contributed by atoms with Gasteiger partial charge in [0.05, 0.1) is 0 Å². The predicted octanol–water partition coefficient (Wildman–Crippen LogP) is 2.37. The van der Waals surface area contributed by atoms with Gasteiger partial charge in [-0.3, -0.25) is 0 Å². The van der Waals surface area contributed by atoms with Gasteiger partial charge in [-0.25, -0.2) is 4.79 Å². The van der Waals surface area contributed by atoms with Gasteiger partial charge in [0.1, 0.15) is 0 Å². The smallest absolute Gasteiger partial charge is 0.328 e. The lowest BCUT2D eigenvalue weighted by molar-refractivity contribution is -0.131. The Labute approximate surface area is 67.2 Å². The molecule has 0 aliphatic heterocycles. The molecule has 0 amide bonds. The highest BCUT2D eigenvalue weighted by Gasteiger charge is 1.85. The molecular weight excluding hydrogens is 140 g/mol. The first kappa shape index (κ1) is 9.95. The molecule has 0 aromatic rings. The summed E-state index contributed by atoms with van der Waals surface area (Å²) in [4.78, 5) is 10.0. The second kappa shape index (κ2) is 5.71. The molecule has 2 heteroatoms. The van der Waals surface area contributed by atoms with E-state index >= 15 is 0 Å². The summed E-state index contributed by atoms with van der Waals surface area (Å²) in [6.45, 7) is 4.09. The minimum absolute atomic E-state index is 0.898. The highest BCUT2D eigenvalue weighted by Crippen LogP contribution is 2.02. The van der Waals surface area contributed by atoms with Gasteiger partial charge in [0.15, 0.2) is 0 Å². The summed E-state index contributed by atoms with van der Waals surface area (Å²) in [5, 5.41) is 8.24. The number of carbonyl (C=O) groups is 1. The van der Waals surface area contributed by atoms with Crippen LogP contribution >= 0.6 is 0 Å². The summed E-state index contributed by atoms with van der Waals surface area (Å²) in [6.07, 6.45) is 6.66. The average Bonchev–Trinajstić information content (AvgIpc) is 1.87. The SMILES string of the molecule is CCC/C(C)=C/C=C/C(=O)O. The van der Waals surface area contributed by atoms with Crippen LogP contribution in [0.15, 0.2) is 23.8 Å². The zero-order chi connectivity index (χ0) is 8.69. The maximum Gasteiger partial charge on any atom is 0.328 e. The van der Waals surface area contributed by atoms with E-state index in [-0.39, 0.29) is 0 Å². The zero-order valence-corrected chi connectivity index (χ0v) is 7.00. The molecule has 0 rings (SSSR count). The largest absolute Gasteiger partial charge is 0.478 e. The highest BCUT2D eigenvalue weighted by molar-refractivity contribution is 5.80. The van der Waals surface area contributed by atoms with E-state index in [9.17, 15) is 4.79 Å². The van der Waals surface area contributed by atoms with Gasteiger partial charge in [-0.1, -0.05) is 31.1 Å². The number of carboxylic acids is 1. The van der Waals surface area contributed by atoms with Gasteiger partial charge in [-0.05, 0) is 13.3 Å². The second-order valence-electron chi connectivity index (χ2n) is 2.46. The molecule has 0 bridgehead atoms. The lowest BCUT2D eigenvalue weighted by Gasteiger charge is -1.92. The van der Waals surface area contributed by atoms with Crippen molar-refractivity contribution in [1.29, 1.82) is 0 Å². The van der Waals surface area contributed by atoms with Gasteiger partial charge in [0.2, 0.25) is 0 Å². The molecule has 0 aliphatic rings. The lowest BCUT2D eigenvalue weighted by Crippen LogP contribution is -1.84. The monoisotopic (exact) mass is 154 g/mol. The van der Waals surface area contributed by atoms with Crippen molar-refractivity contribution in [3.05, 3.63) is 23.8 Å². The summed E-state index contributed by atoms with van der Waals surface area (Å²) in [5.41, 5.74) is 1.21. The van der Waals surface area contributed by atoms with Crippen molar-refractivity contribution in [2.75, 3.05) is 0 Å². The van der Waals surface area contributed by atoms with Crippen LogP contribution in [0.3, 0.4) is 0 Å². The van der Waals surface area contributed by atoms with Gasteiger partial charge < -0.3 is 5.11 Å². The fourth-order valence-corrected chi connectivity index (χ4v) is 0.772. The van der Waals surface area contributed by atoms with Gasteiger partial charge in [0, 0.05) is 6.08 Å². The van der Waals surface area contributed by atoms with Gasteiger partial charge in [-0.2, -0.15) is 0 Å². The summed E-state index contributed by atoms with van der Waals surface area (Å²) < 4.78 is 0. The predicted molar refractivity (Wildman–Crippen MR) is 45.4 cm³/mol. The van der Waals surface area contributed by atoms with Crippen LogP contribution in [0, 0.1) is 0 Å². The Bertz CT molecular complexity index is 178. The first-order chi connectivity index (χ1) is 5.16. The molecule has 11 heavy (non-hydrogen) atoms. The van der Waals surface area contributed by atoms with E-state index in [1.54, 1.807) is 6.08 Å². The lowest BCUT2D eigenvalue weighted by atomic mass is 10.1. The molecular formula is C9H14O2. The molecule has 0 saturated heterocycles. The van der Waals surface area contributed by atoms with Crippen molar-refractivity contribution in [2.24, 2.45) is 0 Å². The Kier molecular flexibility index (Phi) is 5.17. The maximum absolute atomic E-state index is 10.0. The molecule has 1 N–H and O–H groups in total. The van der Waals surface area contributed by atoms with Crippen molar-refractivity contribution in [3.8, 4) is 0 Å². The van der Waals surface area contributed by atoms with E-state index < -0.39 is 5.97 Å². The Morgan fingerprint density at radius 2 is 2.18 bits per heavy atom. The molecule has 0 aromatic carbocycles. The third-order valence-corrected chi connectivity index (χ3v) is 1.26. The van der Waals surface area contributed by atoms with Crippen molar-refractivity contribution in [3.63, 3.8) is 0 Å². The van der Waals surface area contributed by atoms with E-state index in [2.05, 4.69) is 6.92 Å². The quantitative estimate of drug-likeness (QED) is 0.498. The van der Waals surface area contributed by atoms with Crippen molar-refractivity contribution in [2.45, 2.75) is 26.7 Å². The van der Waals surface area contributed by atoms with Crippen LogP contribution in [-0.4, -0.2) is 11.1 Å². The molecule has 0 heterocycles. The maximum atomic E-state index is 10.0. The van der Waals surface area contributed by atoms with Crippen LogP contribution in [0.4, 0.5) is 0 Å². The first-order valence-corrected chi connectivity index (χ1v) is 3.73. The Morgan fingerprint density at radius 1 is 1.55 bits per heavy atom. The first-order valence-electron chi connectivity index (χ1n) is 3.73. The van der Waals surface area contributed by atoms with Crippen molar-refractivity contribution >= 4 is 5.97 Å². The third-order valence-electron chi connectivity index (χ3n) is 1.26. The average molecular weight is 154 g/mol. The molecule has 0 aliphatic carbocycles. The van der Waals surface area contributed by atoms with Crippen LogP contribution in [0.25, 0.3) is 0 Å². The van der Waals surface area contributed by atoms with E-state index in [0.29, 0.717) is 0 Å². The van der Waals surface area contributed by atoms with Crippen LogP contribution in [0.2, 0.25) is 0 Å². The van der Waals surface area contributed by atoms with E-state index in [1.807, 2.05) is 13.0 Å². The Morgan fingerprint density at radius 3 is 2.64 bits per heavy atom. The van der Waals surface area contributed by atoms with E-state index in [0.717, 1.165) is 18.9 Å². The van der Waals surface area contributed by atoms with Crippen molar-refractivity contribution < 1.29 is 9.90 Å². The van der Waals surface area contributed by atoms with Gasteiger partial charge >= 0.3 is 5.97 Å². The number of hydrogen-bond acceptors (Lipinski definition) is 1. The normalized spacial score (nSPS) is 12.4. The summed E-state index contributed by atoms with van der Waals surface area (Å²) in [5.74, 6) is -0.898. The van der Waals surface area contributed by atoms with Crippen LogP contribution in [0.5, 0.6) is 0 Å². The van der Waals surface area contributed by atoms with E-state index in [1.165, 1.54) is 5.57 Å². The molecule has 0 atom stereocenters. The second-order valence-corrected chi connectivity index (χ2v) is 2.46. The minimum Gasteiger partial charge on any atom is -0.478 e. The van der Waals surface area contributed by atoms with Gasteiger partial charge in [0.25, 0.3) is 0 Å². The van der Waals surface area contributed by atoms with Crippen LogP contribution in [-0.2, 0) is 4.79 Å². The number of carboxylic acid groups (broad SMARTS) is 1. The topological polar surface area (TPSA) is 37.3 Å². The molecule has 2 nitrogen and oxygen atoms in total. The summed E-state index contributed by atoms with van der Waals surface area (Å²) in [6, 6.07) is 0. The fourth-order valence-electron chi connectivity index (χ4n) is 0.772. The minimum atomic E-state index is -0.898. The molecule has 0 spiro atoms. The van der Waals surface area contributed by atoms with Crippen LogP contribution in [0.1, 0.15) is 26.7 Å². The molecule has 0 saturated carbocycles. The van der Waals surface area contributed by atoms with E-state index in [4.69, 9.17) is 5.11 Å². The van der Waals surface area contributed by atoms with Crippen molar-refractivity contribution in [1.82, 2.24) is 0 Å². The standard InChI is InChI=1S/C9H14O2/c1-3-5-8(2)6-4-7-9(10)11/h4,6-7H,3,5H2,1-2H3,(H,10,11)/b7-4+,8-6+. The number of hydrogen-bond donors (Lipinski definition) is 1.